The number of aromatic nitrogens is 1. The third kappa shape index (κ3) is 4.90. The number of hydrogen-bond acceptors (Lipinski definition) is 4. The molecule has 112 valence electrons. The number of halogens is 1. The molecule has 1 aromatic heterocycles. The van der Waals surface area contributed by atoms with Crippen LogP contribution in [0.4, 0.5) is 4.39 Å². The Kier molecular flexibility index (Phi) is 5.38. The van der Waals surface area contributed by atoms with Crippen LogP contribution in [0.1, 0.15) is 19.6 Å². The fraction of sp³-hybridized carbons (Fsp3) is 0.333. The van der Waals surface area contributed by atoms with Crippen molar-refractivity contribution in [1.82, 2.24) is 10.5 Å². The molecule has 6 heteroatoms. The minimum atomic E-state index is -0.283. The molecule has 1 amide bonds. The summed E-state index contributed by atoms with van der Waals surface area (Å²) >= 11 is 1.46. The molecule has 21 heavy (non-hydrogen) atoms. The molecule has 2 aromatic rings. The molecule has 0 aliphatic carbocycles. The summed E-state index contributed by atoms with van der Waals surface area (Å²) in [6, 6.07) is 8.03. The first-order valence-electron chi connectivity index (χ1n) is 6.63. The second kappa shape index (κ2) is 7.26. The molecule has 1 heterocycles. The average molecular weight is 308 g/mol. The highest BCUT2D eigenvalue weighted by Gasteiger charge is 2.08. The van der Waals surface area contributed by atoms with Crippen LogP contribution in [-0.2, 0) is 10.5 Å². The SMILES string of the molecule is CC(C)NC(=O)CSCc1cc(-c2ccc(F)cc2)no1. The molecule has 0 spiro atoms. The highest BCUT2D eigenvalue weighted by atomic mass is 32.2. The molecule has 4 nitrogen and oxygen atoms in total. The molecule has 0 fully saturated rings. The molecular formula is C15H17FN2O2S. The first-order chi connectivity index (χ1) is 10.0. The van der Waals surface area contributed by atoms with Gasteiger partial charge in [0, 0.05) is 17.7 Å². The molecule has 1 aromatic carbocycles. The van der Waals surface area contributed by atoms with Crippen molar-refractivity contribution in [3.63, 3.8) is 0 Å². The van der Waals surface area contributed by atoms with Crippen LogP contribution in [0.25, 0.3) is 11.3 Å². The maximum absolute atomic E-state index is 12.9. The summed E-state index contributed by atoms with van der Waals surface area (Å²) in [5, 5.41) is 6.77. The molecule has 1 N–H and O–H groups in total. The smallest absolute Gasteiger partial charge is 0.230 e. The van der Waals surface area contributed by atoms with E-state index in [0.29, 0.717) is 23.0 Å². The monoisotopic (exact) mass is 308 g/mol. The molecule has 2 rings (SSSR count). The summed E-state index contributed by atoms with van der Waals surface area (Å²) in [5.41, 5.74) is 1.46. The van der Waals surface area contributed by atoms with Gasteiger partial charge in [-0.3, -0.25) is 4.79 Å². The Hall–Kier alpha value is -1.82. The van der Waals surface area contributed by atoms with Crippen LogP contribution in [0.2, 0.25) is 0 Å². The standard InChI is InChI=1S/C15H17FN2O2S/c1-10(2)17-15(19)9-21-8-13-7-14(18-20-13)11-3-5-12(16)6-4-11/h3-7,10H,8-9H2,1-2H3,(H,17,19). The Balaban J connectivity index is 1.86. The molecular weight excluding hydrogens is 291 g/mol. The van der Waals surface area contributed by atoms with Crippen molar-refractivity contribution in [3.05, 3.63) is 41.9 Å². The van der Waals surface area contributed by atoms with E-state index < -0.39 is 0 Å². The van der Waals surface area contributed by atoms with Crippen LogP contribution in [-0.4, -0.2) is 22.9 Å². The summed E-state index contributed by atoms with van der Waals surface area (Å²) < 4.78 is 18.1. The topological polar surface area (TPSA) is 55.1 Å². The van der Waals surface area contributed by atoms with Gasteiger partial charge in [0.1, 0.15) is 17.3 Å². The fourth-order valence-corrected chi connectivity index (χ4v) is 2.45. The number of thioether (sulfide) groups is 1. The van der Waals surface area contributed by atoms with Crippen molar-refractivity contribution < 1.29 is 13.7 Å². The van der Waals surface area contributed by atoms with E-state index in [4.69, 9.17) is 4.52 Å². The number of carbonyl (C=O) groups excluding carboxylic acids is 1. The molecule has 0 saturated carbocycles. The number of nitrogens with one attached hydrogen (secondary N) is 1. The van der Waals surface area contributed by atoms with E-state index in [1.165, 1.54) is 23.9 Å². The van der Waals surface area contributed by atoms with Gasteiger partial charge in [-0.05, 0) is 38.1 Å². The summed E-state index contributed by atoms with van der Waals surface area (Å²) in [5.74, 6) is 1.36. The van der Waals surface area contributed by atoms with Gasteiger partial charge in [-0.25, -0.2) is 4.39 Å². The first-order valence-corrected chi connectivity index (χ1v) is 7.78. The average Bonchev–Trinajstić information content (AvgIpc) is 2.87. The maximum Gasteiger partial charge on any atom is 0.230 e. The minimum Gasteiger partial charge on any atom is -0.360 e. The molecule has 0 saturated heterocycles. The highest BCUT2D eigenvalue weighted by Crippen LogP contribution is 2.21. The van der Waals surface area contributed by atoms with Crippen molar-refractivity contribution in [3.8, 4) is 11.3 Å². The molecule has 0 radical (unpaired) electrons. The number of rotatable bonds is 6. The third-order valence-corrected chi connectivity index (χ3v) is 3.58. The number of amides is 1. The largest absolute Gasteiger partial charge is 0.360 e. The van der Waals surface area contributed by atoms with Crippen molar-refractivity contribution in [1.29, 1.82) is 0 Å². The van der Waals surface area contributed by atoms with Gasteiger partial charge >= 0.3 is 0 Å². The number of benzene rings is 1. The van der Waals surface area contributed by atoms with Gasteiger partial charge < -0.3 is 9.84 Å². The van der Waals surface area contributed by atoms with Gasteiger partial charge in [0.05, 0.1) is 11.5 Å². The zero-order valence-corrected chi connectivity index (χ0v) is 12.7. The van der Waals surface area contributed by atoms with E-state index in [9.17, 15) is 9.18 Å². The van der Waals surface area contributed by atoms with Gasteiger partial charge in [0.25, 0.3) is 0 Å². The Labute approximate surface area is 127 Å². The fourth-order valence-electron chi connectivity index (χ4n) is 1.75. The van der Waals surface area contributed by atoms with E-state index in [1.807, 2.05) is 13.8 Å². The molecule has 0 atom stereocenters. The Morgan fingerprint density at radius 1 is 1.38 bits per heavy atom. The lowest BCUT2D eigenvalue weighted by Gasteiger charge is -2.06. The summed E-state index contributed by atoms with van der Waals surface area (Å²) in [6.07, 6.45) is 0. The third-order valence-electron chi connectivity index (χ3n) is 2.63. The quantitative estimate of drug-likeness (QED) is 0.890. The van der Waals surface area contributed by atoms with Gasteiger partial charge in [-0.1, -0.05) is 5.16 Å². The van der Waals surface area contributed by atoms with Gasteiger partial charge in [-0.15, -0.1) is 11.8 Å². The van der Waals surface area contributed by atoms with Crippen LogP contribution in [0.15, 0.2) is 34.9 Å². The van der Waals surface area contributed by atoms with Gasteiger partial charge in [0.2, 0.25) is 5.91 Å². The number of nitrogens with zero attached hydrogens (tertiary/aromatic N) is 1. The Bertz CT molecular complexity index is 596. The normalized spacial score (nSPS) is 10.9. The van der Waals surface area contributed by atoms with Crippen LogP contribution in [0.5, 0.6) is 0 Å². The zero-order chi connectivity index (χ0) is 15.2. The summed E-state index contributed by atoms with van der Waals surface area (Å²) in [4.78, 5) is 11.5. The van der Waals surface area contributed by atoms with Crippen molar-refractivity contribution in [2.24, 2.45) is 0 Å². The highest BCUT2D eigenvalue weighted by molar-refractivity contribution is 7.99. The summed E-state index contributed by atoms with van der Waals surface area (Å²) in [6.45, 7) is 3.85. The van der Waals surface area contributed by atoms with E-state index in [2.05, 4.69) is 10.5 Å². The second-order valence-electron chi connectivity index (χ2n) is 4.90. The summed E-state index contributed by atoms with van der Waals surface area (Å²) in [7, 11) is 0. The molecule has 0 unspecified atom stereocenters. The molecule has 0 bridgehead atoms. The predicted octanol–water partition coefficient (Wildman–Crippen LogP) is 3.24. The van der Waals surface area contributed by atoms with Crippen LogP contribution >= 0.6 is 11.8 Å². The lowest BCUT2D eigenvalue weighted by molar-refractivity contribution is -0.119. The van der Waals surface area contributed by atoms with Gasteiger partial charge in [0.15, 0.2) is 0 Å². The number of hydrogen-bond donors (Lipinski definition) is 1. The van der Waals surface area contributed by atoms with Crippen LogP contribution in [0, 0.1) is 5.82 Å². The first kappa shape index (κ1) is 15.6. The number of carbonyl (C=O) groups is 1. The van der Waals surface area contributed by atoms with E-state index in [-0.39, 0.29) is 17.8 Å². The van der Waals surface area contributed by atoms with E-state index >= 15 is 0 Å². The van der Waals surface area contributed by atoms with Crippen molar-refractivity contribution in [2.45, 2.75) is 25.6 Å². The molecule has 0 aliphatic heterocycles. The lowest BCUT2D eigenvalue weighted by atomic mass is 10.1. The maximum atomic E-state index is 12.9. The predicted molar refractivity (Wildman–Crippen MR) is 81.3 cm³/mol. The van der Waals surface area contributed by atoms with E-state index in [0.717, 1.165) is 5.56 Å². The minimum absolute atomic E-state index is 0.00766. The van der Waals surface area contributed by atoms with Crippen molar-refractivity contribution in [2.75, 3.05) is 5.75 Å². The lowest BCUT2D eigenvalue weighted by Crippen LogP contribution is -2.31. The second-order valence-corrected chi connectivity index (χ2v) is 5.89. The Morgan fingerprint density at radius 3 is 2.76 bits per heavy atom. The molecule has 0 aliphatic rings. The zero-order valence-electron chi connectivity index (χ0n) is 11.9. The van der Waals surface area contributed by atoms with Gasteiger partial charge in [-0.2, -0.15) is 0 Å². The van der Waals surface area contributed by atoms with Crippen LogP contribution in [0.3, 0.4) is 0 Å². The van der Waals surface area contributed by atoms with Crippen LogP contribution < -0.4 is 5.32 Å². The Morgan fingerprint density at radius 2 is 2.10 bits per heavy atom. The van der Waals surface area contributed by atoms with Crippen molar-refractivity contribution >= 4 is 17.7 Å². The van der Waals surface area contributed by atoms with E-state index in [1.54, 1.807) is 18.2 Å².